The van der Waals surface area contributed by atoms with E-state index in [0.29, 0.717) is 5.52 Å². The van der Waals surface area contributed by atoms with Crippen LogP contribution in [0.5, 0.6) is 0 Å². The Bertz CT molecular complexity index is 972. The van der Waals surface area contributed by atoms with Crippen LogP contribution in [-0.4, -0.2) is 54.7 Å². The Hall–Kier alpha value is -2.50. The van der Waals surface area contributed by atoms with Gasteiger partial charge in [0.05, 0.1) is 16.6 Å². The smallest absolute Gasteiger partial charge is 0.337 e. The zero-order valence-corrected chi connectivity index (χ0v) is 20.6. The second-order valence-corrected chi connectivity index (χ2v) is 8.89. The number of hydrogen-bond acceptors (Lipinski definition) is 4. The van der Waals surface area contributed by atoms with Gasteiger partial charge in [-0.05, 0) is 45.3 Å². The molecule has 0 aliphatic carbocycles. The molecular weight excluding hydrogens is 410 g/mol. The predicted molar refractivity (Wildman–Crippen MR) is 140 cm³/mol. The highest BCUT2D eigenvalue weighted by molar-refractivity contribution is 6.04. The lowest BCUT2D eigenvalue weighted by molar-refractivity contribution is 0.0699. The third-order valence-electron chi connectivity index (χ3n) is 5.72. The van der Waals surface area contributed by atoms with Crippen LogP contribution in [0.3, 0.4) is 0 Å². The minimum atomic E-state index is -0.946. The summed E-state index contributed by atoms with van der Waals surface area (Å²) in [6, 6.07) is 14.8. The molecule has 0 amide bonds. The van der Waals surface area contributed by atoms with E-state index in [4.69, 9.17) is 5.11 Å². The Labute approximate surface area is 199 Å². The number of pyridine rings is 1. The van der Waals surface area contributed by atoms with Crippen molar-refractivity contribution in [2.45, 2.75) is 58.3 Å². The minimum Gasteiger partial charge on any atom is -0.478 e. The number of aromatic nitrogens is 1. The molecule has 180 valence electrons. The van der Waals surface area contributed by atoms with Crippen molar-refractivity contribution in [2.24, 2.45) is 0 Å². The zero-order chi connectivity index (χ0) is 23.9. The first-order valence-corrected chi connectivity index (χ1v) is 12.4. The van der Waals surface area contributed by atoms with Crippen molar-refractivity contribution < 1.29 is 9.90 Å². The Morgan fingerprint density at radius 2 is 1.55 bits per heavy atom. The highest BCUT2D eigenvalue weighted by Gasteiger charge is 2.09. The molecular formula is C28H41N3O2. The molecule has 1 heterocycles. The molecule has 3 rings (SSSR count). The number of hydrogen-bond donors (Lipinski definition) is 2. The van der Waals surface area contributed by atoms with E-state index in [0.717, 1.165) is 29.4 Å². The number of rotatable bonds is 13. The summed E-state index contributed by atoms with van der Waals surface area (Å²) in [5, 5.41) is 14.5. The maximum absolute atomic E-state index is 11.1. The molecule has 0 atom stereocenters. The van der Waals surface area contributed by atoms with Gasteiger partial charge in [-0.15, -0.1) is 0 Å². The third-order valence-corrected chi connectivity index (χ3v) is 5.72. The van der Waals surface area contributed by atoms with Crippen LogP contribution < -0.4 is 5.32 Å². The maximum atomic E-state index is 11.1. The summed E-state index contributed by atoms with van der Waals surface area (Å²) in [5.74, 6) is -0.946. The van der Waals surface area contributed by atoms with Crippen LogP contribution in [0.15, 0.2) is 48.5 Å². The van der Waals surface area contributed by atoms with Gasteiger partial charge >= 0.3 is 5.97 Å². The fraction of sp³-hybridized carbons (Fsp3) is 0.500. The van der Waals surface area contributed by atoms with Crippen LogP contribution in [0.4, 0.5) is 0 Å². The molecule has 0 aliphatic heterocycles. The normalized spacial score (nSPS) is 11.0. The fourth-order valence-corrected chi connectivity index (χ4v) is 3.79. The van der Waals surface area contributed by atoms with E-state index >= 15 is 0 Å². The second kappa shape index (κ2) is 15.4. The number of fused-ring (bicyclic) bond motifs is 2. The van der Waals surface area contributed by atoms with Crippen LogP contribution in [0, 0.1) is 0 Å². The molecule has 5 heteroatoms. The van der Waals surface area contributed by atoms with E-state index in [1.807, 2.05) is 36.4 Å². The number of likely N-dealkylation sites (N-methyl/N-ethyl adjacent to an activating group) is 1. The van der Waals surface area contributed by atoms with E-state index in [1.54, 1.807) is 12.1 Å². The quantitative estimate of drug-likeness (QED) is 0.234. The summed E-state index contributed by atoms with van der Waals surface area (Å²) in [6.45, 7) is 5.75. The number of carbonyl (C=O) groups is 1. The van der Waals surface area contributed by atoms with Gasteiger partial charge in [-0.2, -0.15) is 0 Å². The average molecular weight is 452 g/mol. The van der Waals surface area contributed by atoms with Gasteiger partial charge in [-0.1, -0.05) is 82.2 Å². The van der Waals surface area contributed by atoms with Gasteiger partial charge in [0, 0.05) is 23.9 Å². The van der Waals surface area contributed by atoms with Crippen LogP contribution in [0.1, 0.15) is 68.6 Å². The Morgan fingerprint density at radius 3 is 2.24 bits per heavy atom. The Morgan fingerprint density at radius 1 is 0.879 bits per heavy atom. The average Bonchev–Trinajstić information content (AvgIpc) is 2.81. The lowest BCUT2D eigenvalue weighted by atomic mass is 10.1. The first kappa shape index (κ1) is 26.7. The van der Waals surface area contributed by atoms with Crippen LogP contribution in [-0.2, 0) is 0 Å². The lowest BCUT2D eigenvalue weighted by Crippen LogP contribution is -2.27. The van der Waals surface area contributed by atoms with Gasteiger partial charge in [-0.25, -0.2) is 9.78 Å². The molecule has 0 unspecified atom stereocenters. The second-order valence-electron chi connectivity index (χ2n) is 8.89. The van der Waals surface area contributed by atoms with E-state index in [2.05, 4.69) is 36.2 Å². The number of benzene rings is 2. The molecule has 1 aromatic heterocycles. The van der Waals surface area contributed by atoms with Crippen LogP contribution in [0.25, 0.3) is 21.8 Å². The van der Waals surface area contributed by atoms with Crippen molar-refractivity contribution in [1.29, 1.82) is 0 Å². The van der Waals surface area contributed by atoms with Crippen molar-refractivity contribution in [3.8, 4) is 0 Å². The monoisotopic (exact) mass is 451 g/mol. The van der Waals surface area contributed by atoms with Gasteiger partial charge < -0.3 is 15.3 Å². The van der Waals surface area contributed by atoms with E-state index < -0.39 is 5.97 Å². The SMILES string of the molecule is CCCCCCCCCCNCCN(C)C.O=C(O)c1cccc2cc3ccccc3nc12. The first-order valence-electron chi connectivity index (χ1n) is 12.4. The Balaban J connectivity index is 0.000000235. The van der Waals surface area contributed by atoms with Gasteiger partial charge in [-0.3, -0.25) is 0 Å². The van der Waals surface area contributed by atoms with Crippen LogP contribution in [0.2, 0.25) is 0 Å². The van der Waals surface area contributed by atoms with Crippen molar-refractivity contribution in [2.75, 3.05) is 33.7 Å². The van der Waals surface area contributed by atoms with E-state index in [9.17, 15) is 4.79 Å². The molecule has 0 spiro atoms. The molecule has 3 aromatic rings. The van der Waals surface area contributed by atoms with E-state index in [1.165, 1.54) is 57.9 Å². The molecule has 0 aliphatic rings. The standard InChI is InChI=1S/C14H32N2.C14H9NO2/c1-4-5-6-7-8-9-10-11-12-15-13-14-16(2)3;16-14(17)11-6-3-5-10-8-9-4-1-2-7-12(9)15-13(10)11/h15H,4-14H2,1-3H3;1-8H,(H,16,17). The molecule has 5 nitrogen and oxygen atoms in total. The summed E-state index contributed by atoms with van der Waals surface area (Å²) < 4.78 is 0. The molecule has 0 radical (unpaired) electrons. The number of para-hydroxylation sites is 2. The number of unbranched alkanes of at least 4 members (excludes halogenated alkanes) is 7. The number of carboxylic acids is 1. The van der Waals surface area contributed by atoms with Gasteiger partial charge in [0.15, 0.2) is 0 Å². The summed E-state index contributed by atoms with van der Waals surface area (Å²) in [4.78, 5) is 17.8. The molecule has 0 fully saturated rings. The third kappa shape index (κ3) is 9.89. The molecule has 0 bridgehead atoms. The van der Waals surface area contributed by atoms with Gasteiger partial charge in [0.1, 0.15) is 0 Å². The molecule has 0 saturated heterocycles. The Kier molecular flexibility index (Phi) is 12.4. The highest BCUT2D eigenvalue weighted by Crippen LogP contribution is 2.22. The van der Waals surface area contributed by atoms with Crippen molar-refractivity contribution in [1.82, 2.24) is 15.2 Å². The topological polar surface area (TPSA) is 65.5 Å². The predicted octanol–water partition coefficient (Wildman–Crippen LogP) is 6.36. The number of nitrogens with one attached hydrogen (secondary N) is 1. The van der Waals surface area contributed by atoms with Crippen molar-refractivity contribution in [3.63, 3.8) is 0 Å². The van der Waals surface area contributed by atoms with Crippen molar-refractivity contribution in [3.05, 3.63) is 54.1 Å². The molecule has 33 heavy (non-hydrogen) atoms. The highest BCUT2D eigenvalue weighted by atomic mass is 16.4. The summed E-state index contributed by atoms with van der Waals surface area (Å²) in [6.07, 6.45) is 11.3. The first-order chi connectivity index (χ1) is 16.0. The largest absolute Gasteiger partial charge is 0.478 e. The molecule has 0 saturated carbocycles. The van der Waals surface area contributed by atoms with Crippen LogP contribution >= 0.6 is 0 Å². The lowest BCUT2D eigenvalue weighted by Gasteiger charge is -2.10. The maximum Gasteiger partial charge on any atom is 0.337 e. The number of carboxylic acid groups (broad SMARTS) is 1. The van der Waals surface area contributed by atoms with Gasteiger partial charge in [0.25, 0.3) is 0 Å². The van der Waals surface area contributed by atoms with E-state index in [-0.39, 0.29) is 5.56 Å². The zero-order valence-electron chi connectivity index (χ0n) is 20.6. The molecule has 2 N–H and O–H groups in total. The summed E-state index contributed by atoms with van der Waals surface area (Å²) in [5.41, 5.74) is 1.60. The fourth-order valence-electron chi connectivity index (χ4n) is 3.79. The number of aromatic carboxylic acids is 1. The molecule has 2 aromatic carbocycles. The summed E-state index contributed by atoms with van der Waals surface area (Å²) >= 11 is 0. The van der Waals surface area contributed by atoms with Gasteiger partial charge in [0.2, 0.25) is 0 Å². The minimum absolute atomic E-state index is 0.244. The van der Waals surface area contributed by atoms with Crippen molar-refractivity contribution >= 4 is 27.8 Å². The number of nitrogens with zero attached hydrogens (tertiary/aromatic N) is 2. The summed E-state index contributed by atoms with van der Waals surface area (Å²) in [7, 11) is 4.25.